The summed E-state index contributed by atoms with van der Waals surface area (Å²) >= 11 is 0. The van der Waals surface area contributed by atoms with E-state index in [1.165, 1.54) is 70.6 Å². The molecule has 0 aromatic rings. The van der Waals surface area contributed by atoms with Gasteiger partial charge in [0.2, 0.25) is 0 Å². The molecule has 3 nitrogen and oxygen atoms in total. The van der Waals surface area contributed by atoms with Crippen molar-refractivity contribution in [2.75, 3.05) is 19.6 Å². The second kappa shape index (κ2) is 14.0. The molecule has 2 N–H and O–H groups in total. The lowest BCUT2D eigenvalue weighted by molar-refractivity contribution is 0.241. The number of aliphatic imine (C=N–C) groups is 1. The summed E-state index contributed by atoms with van der Waals surface area (Å²) < 4.78 is 0. The molecule has 0 radical (unpaired) electrons. The summed E-state index contributed by atoms with van der Waals surface area (Å²) in [4.78, 5) is 6.95. The van der Waals surface area contributed by atoms with Crippen molar-refractivity contribution in [2.45, 2.75) is 83.7 Å². The van der Waals surface area contributed by atoms with E-state index in [2.05, 4.69) is 29.0 Å². The lowest BCUT2D eigenvalue weighted by Crippen LogP contribution is -2.34. The molecular formula is C19H37N3. The summed E-state index contributed by atoms with van der Waals surface area (Å²) in [7, 11) is 0. The Morgan fingerprint density at radius 3 is 2.45 bits per heavy atom. The van der Waals surface area contributed by atoms with Crippen LogP contribution in [0.1, 0.15) is 77.6 Å². The normalized spacial score (nSPS) is 18.7. The molecule has 0 saturated carbocycles. The van der Waals surface area contributed by atoms with E-state index in [0.29, 0.717) is 6.17 Å². The van der Waals surface area contributed by atoms with Gasteiger partial charge in [0.1, 0.15) is 6.17 Å². The zero-order valence-electron chi connectivity index (χ0n) is 14.7. The first-order chi connectivity index (χ1) is 10.9. The first-order valence-corrected chi connectivity index (χ1v) is 9.49. The molecular weight excluding hydrogens is 270 g/mol. The fourth-order valence-corrected chi connectivity index (χ4v) is 3.02. The largest absolute Gasteiger partial charge is 0.329 e. The Morgan fingerprint density at radius 2 is 1.73 bits per heavy atom. The highest BCUT2D eigenvalue weighted by Crippen LogP contribution is 2.15. The van der Waals surface area contributed by atoms with Crippen LogP contribution in [0.5, 0.6) is 0 Å². The van der Waals surface area contributed by atoms with Crippen LogP contribution in [-0.2, 0) is 0 Å². The predicted octanol–water partition coefficient (Wildman–Crippen LogP) is 4.52. The van der Waals surface area contributed by atoms with Crippen LogP contribution in [0.25, 0.3) is 0 Å². The van der Waals surface area contributed by atoms with Crippen molar-refractivity contribution < 1.29 is 0 Å². The molecule has 0 aliphatic carbocycles. The van der Waals surface area contributed by atoms with Gasteiger partial charge in [0.15, 0.2) is 0 Å². The Morgan fingerprint density at radius 1 is 1.05 bits per heavy atom. The Hall–Kier alpha value is -0.670. The number of hydrogen-bond acceptors (Lipinski definition) is 3. The summed E-state index contributed by atoms with van der Waals surface area (Å²) in [6.07, 6.45) is 21.8. The van der Waals surface area contributed by atoms with Crippen molar-refractivity contribution in [3.63, 3.8) is 0 Å². The minimum absolute atomic E-state index is 0.412. The summed E-state index contributed by atoms with van der Waals surface area (Å²) in [5.41, 5.74) is 5.64. The number of hydrogen-bond donors (Lipinski definition) is 1. The maximum absolute atomic E-state index is 5.64. The Kier molecular flexibility index (Phi) is 12.3. The highest BCUT2D eigenvalue weighted by molar-refractivity contribution is 5.62. The van der Waals surface area contributed by atoms with Gasteiger partial charge < -0.3 is 5.73 Å². The minimum Gasteiger partial charge on any atom is -0.329 e. The van der Waals surface area contributed by atoms with E-state index in [1.54, 1.807) is 0 Å². The molecule has 3 heteroatoms. The predicted molar refractivity (Wildman–Crippen MR) is 98.5 cm³/mol. The summed E-state index contributed by atoms with van der Waals surface area (Å²) in [5.74, 6) is 0. The Bertz CT molecular complexity index is 299. The van der Waals surface area contributed by atoms with Crippen molar-refractivity contribution in [3.05, 3.63) is 12.2 Å². The van der Waals surface area contributed by atoms with Crippen molar-refractivity contribution in [2.24, 2.45) is 10.7 Å². The van der Waals surface area contributed by atoms with Crippen LogP contribution in [0.15, 0.2) is 17.1 Å². The molecule has 1 unspecified atom stereocenters. The second-order valence-electron chi connectivity index (χ2n) is 6.41. The van der Waals surface area contributed by atoms with E-state index in [9.17, 15) is 0 Å². The molecule has 0 spiro atoms. The van der Waals surface area contributed by atoms with Crippen molar-refractivity contribution in [1.82, 2.24) is 4.90 Å². The Balaban J connectivity index is 1.86. The summed E-state index contributed by atoms with van der Waals surface area (Å²) in [5, 5.41) is 0. The van der Waals surface area contributed by atoms with Crippen LogP contribution >= 0.6 is 0 Å². The summed E-state index contributed by atoms with van der Waals surface area (Å²) in [6.45, 7) is 4.98. The lowest BCUT2D eigenvalue weighted by Gasteiger charge is -2.21. The fourth-order valence-electron chi connectivity index (χ4n) is 3.02. The van der Waals surface area contributed by atoms with E-state index >= 15 is 0 Å². The maximum atomic E-state index is 5.64. The van der Waals surface area contributed by atoms with Crippen LogP contribution in [0.3, 0.4) is 0 Å². The average molecular weight is 308 g/mol. The molecule has 1 aliphatic rings. The zero-order valence-corrected chi connectivity index (χ0v) is 14.7. The number of allylic oxidation sites excluding steroid dienone is 2. The molecule has 128 valence electrons. The second-order valence-corrected chi connectivity index (χ2v) is 6.41. The first kappa shape index (κ1) is 19.4. The van der Waals surface area contributed by atoms with E-state index in [4.69, 9.17) is 5.73 Å². The standard InChI is InChI=1S/C19H37N3/c1-2-3-4-5-6-7-8-9-10-11-12-13-14-19-21-16-18-22(19)17-15-20/h6-7,16,19H,2-5,8-15,17-18,20H2,1H3/b7-6+. The van der Waals surface area contributed by atoms with Crippen LogP contribution in [0.4, 0.5) is 0 Å². The summed E-state index contributed by atoms with van der Waals surface area (Å²) in [6, 6.07) is 0. The van der Waals surface area contributed by atoms with Crippen LogP contribution < -0.4 is 5.73 Å². The third kappa shape index (κ3) is 9.37. The quantitative estimate of drug-likeness (QED) is 0.378. The van der Waals surface area contributed by atoms with Gasteiger partial charge in [-0.1, -0.05) is 51.2 Å². The smallest absolute Gasteiger partial charge is 0.102 e. The molecule has 0 aromatic heterocycles. The molecule has 0 fully saturated rings. The lowest BCUT2D eigenvalue weighted by atomic mass is 10.1. The van der Waals surface area contributed by atoms with Crippen LogP contribution in [0, 0.1) is 0 Å². The fraction of sp³-hybridized carbons (Fsp3) is 0.842. The average Bonchev–Trinajstić information content (AvgIpc) is 2.96. The highest BCUT2D eigenvalue weighted by atomic mass is 15.3. The molecule has 1 rings (SSSR count). The third-order valence-electron chi connectivity index (χ3n) is 4.41. The molecule has 0 amide bonds. The van der Waals surface area contributed by atoms with Gasteiger partial charge in [-0.25, -0.2) is 0 Å². The van der Waals surface area contributed by atoms with E-state index < -0.39 is 0 Å². The number of nitrogens with two attached hydrogens (primary N) is 1. The van der Waals surface area contributed by atoms with Gasteiger partial charge >= 0.3 is 0 Å². The van der Waals surface area contributed by atoms with Gasteiger partial charge in [-0.3, -0.25) is 9.89 Å². The van der Waals surface area contributed by atoms with E-state index in [0.717, 1.165) is 19.6 Å². The maximum Gasteiger partial charge on any atom is 0.102 e. The van der Waals surface area contributed by atoms with Crippen molar-refractivity contribution in [1.29, 1.82) is 0 Å². The minimum atomic E-state index is 0.412. The highest BCUT2D eigenvalue weighted by Gasteiger charge is 2.18. The van der Waals surface area contributed by atoms with E-state index in [1.807, 2.05) is 6.21 Å². The topological polar surface area (TPSA) is 41.6 Å². The SMILES string of the molecule is CCCCC/C=C/CCCCCCCC1N=CCN1CCN. The molecule has 0 aromatic carbocycles. The van der Waals surface area contributed by atoms with E-state index in [-0.39, 0.29) is 0 Å². The molecule has 1 heterocycles. The first-order valence-electron chi connectivity index (χ1n) is 9.49. The molecule has 22 heavy (non-hydrogen) atoms. The van der Waals surface area contributed by atoms with Gasteiger partial charge in [0.25, 0.3) is 0 Å². The molecule has 0 bridgehead atoms. The monoisotopic (exact) mass is 307 g/mol. The van der Waals surface area contributed by atoms with Crippen molar-refractivity contribution in [3.8, 4) is 0 Å². The van der Waals surface area contributed by atoms with Crippen LogP contribution in [0.2, 0.25) is 0 Å². The van der Waals surface area contributed by atoms with Gasteiger partial charge in [0.05, 0.1) is 0 Å². The molecule has 1 atom stereocenters. The van der Waals surface area contributed by atoms with Gasteiger partial charge in [-0.15, -0.1) is 0 Å². The number of unbranched alkanes of at least 4 members (excludes halogenated alkanes) is 8. The number of rotatable bonds is 14. The van der Waals surface area contributed by atoms with Crippen LogP contribution in [-0.4, -0.2) is 36.9 Å². The van der Waals surface area contributed by atoms with Gasteiger partial charge in [0, 0.05) is 25.8 Å². The van der Waals surface area contributed by atoms with Crippen molar-refractivity contribution >= 4 is 6.21 Å². The Labute approximate surface area is 138 Å². The zero-order chi connectivity index (χ0) is 15.9. The third-order valence-corrected chi connectivity index (χ3v) is 4.41. The van der Waals surface area contributed by atoms with Gasteiger partial charge in [-0.2, -0.15) is 0 Å². The molecule has 1 aliphatic heterocycles. The van der Waals surface area contributed by atoms with Gasteiger partial charge in [-0.05, 0) is 38.5 Å². The molecule has 0 saturated heterocycles. The number of nitrogens with zero attached hydrogens (tertiary/aromatic N) is 2.